The molecule has 1 nitrogen and oxygen atoms in total. The van der Waals surface area contributed by atoms with Crippen LogP contribution in [0.2, 0.25) is 0 Å². The van der Waals surface area contributed by atoms with Gasteiger partial charge < -0.3 is 5.32 Å². The molecule has 0 aliphatic carbocycles. The van der Waals surface area contributed by atoms with Gasteiger partial charge in [0.05, 0.1) is 0 Å². The van der Waals surface area contributed by atoms with Gasteiger partial charge in [-0.05, 0) is 41.5 Å². The average Bonchev–Trinajstić information content (AvgIpc) is 2.27. The molecular weight excluding hydrogens is 361 g/mol. The summed E-state index contributed by atoms with van der Waals surface area (Å²) in [5.74, 6) is -0.219. The summed E-state index contributed by atoms with van der Waals surface area (Å²) in [6.07, 6.45) is 0. The Morgan fingerprint density at radius 1 is 0.889 bits per heavy atom. The van der Waals surface area contributed by atoms with Crippen LogP contribution in [-0.2, 0) is 13.1 Å². The molecule has 0 atom stereocenters. The fraction of sp³-hybridized carbons (Fsp3) is 0.143. The third-order valence-corrected chi connectivity index (χ3v) is 3.42. The molecule has 94 valence electrons. The van der Waals surface area contributed by atoms with Crippen LogP contribution in [0.1, 0.15) is 11.1 Å². The first-order chi connectivity index (χ1) is 8.63. The zero-order chi connectivity index (χ0) is 13.0. The molecule has 0 fully saturated rings. The molecule has 0 bridgehead atoms. The molecule has 0 aliphatic rings. The van der Waals surface area contributed by atoms with Gasteiger partial charge in [0.15, 0.2) is 0 Å². The highest BCUT2D eigenvalue weighted by atomic mass is 79.9. The van der Waals surface area contributed by atoms with E-state index in [0.717, 1.165) is 21.1 Å². The Kier molecular flexibility index (Phi) is 4.92. The van der Waals surface area contributed by atoms with Gasteiger partial charge in [0.1, 0.15) is 5.82 Å². The Balaban J connectivity index is 1.92. The van der Waals surface area contributed by atoms with E-state index in [9.17, 15) is 4.39 Å². The van der Waals surface area contributed by atoms with Gasteiger partial charge in [0.2, 0.25) is 0 Å². The molecule has 0 saturated carbocycles. The first-order valence-electron chi connectivity index (χ1n) is 5.53. The Labute approximate surface area is 123 Å². The second-order valence-electron chi connectivity index (χ2n) is 4.01. The van der Waals surface area contributed by atoms with Gasteiger partial charge in [-0.3, -0.25) is 0 Å². The van der Waals surface area contributed by atoms with Crippen molar-refractivity contribution in [3.63, 3.8) is 0 Å². The largest absolute Gasteiger partial charge is 0.309 e. The Hall–Kier alpha value is -0.710. The van der Waals surface area contributed by atoms with E-state index in [0.29, 0.717) is 6.54 Å². The molecule has 2 aromatic rings. The van der Waals surface area contributed by atoms with E-state index in [4.69, 9.17) is 0 Å². The molecule has 0 aliphatic heterocycles. The van der Waals surface area contributed by atoms with E-state index < -0.39 is 0 Å². The van der Waals surface area contributed by atoms with Gasteiger partial charge in [0.25, 0.3) is 0 Å². The van der Waals surface area contributed by atoms with Crippen LogP contribution in [-0.4, -0.2) is 0 Å². The Morgan fingerprint density at radius 2 is 1.61 bits per heavy atom. The van der Waals surface area contributed by atoms with Crippen molar-refractivity contribution >= 4 is 31.9 Å². The lowest BCUT2D eigenvalue weighted by Crippen LogP contribution is -2.12. The van der Waals surface area contributed by atoms with E-state index in [1.807, 2.05) is 18.2 Å². The molecule has 0 amide bonds. The standard InChI is InChI=1S/C14H12Br2FN/c15-12-3-1-2-10(4-12)8-18-9-11-5-13(16)7-14(17)6-11/h1-7,18H,8-9H2. The quantitative estimate of drug-likeness (QED) is 0.824. The first-order valence-corrected chi connectivity index (χ1v) is 7.12. The average molecular weight is 373 g/mol. The molecule has 0 unspecified atom stereocenters. The minimum absolute atomic E-state index is 0.219. The summed E-state index contributed by atoms with van der Waals surface area (Å²) in [5, 5.41) is 3.29. The van der Waals surface area contributed by atoms with Crippen molar-refractivity contribution in [2.45, 2.75) is 13.1 Å². The molecule has 18 heavy (non-hydrogen) atoms. The zero-order valence-electron chi connectivity index (χ0n) is 9.59. The summed E-state index contributed by atoms with van der Waals surface area (Å²) in [5.41, 5.74) is 2.12. The van der Waals surface area contributed by atoms with Crippen molar-refractivity contribution in [3.05, 3.63) is 68.4 Å². The number of benzene rings is 2. The van der Waals surface area contributed by atoms with Crippen LogP contribution < -0.4 is 5.32 Å². The molecule has 0 saturated heterocycles. The zero-order valence-corrected chi connectivity index (χ0v) is 12.8. The predicted octanol–water partition coefficient (Wildman–Crippen LogP) is 4.64. The van der Waals surface area contributed by atoms with Gasteiger partial charge in [-0.25, -0.2) is 4.39 Å². The highest BCUT2D eigenvalue weighted by Gasteiger charge is 1.99. The van der Waals surface area contributed by atoms with Gasteiger partial charge >= 0.3 is 0 Å². The summed E-state index contributed by atoms with van der Waals surface area (Å²) < 4.78 is 15.0. The van der Waals surface area contributed by atoms with Crippen LogP contribution in [0.25, 0.3) is 0 Å². The summed E-state index contributed by atoms with van der Waals surface area (Å²) in [7, 11) is 0. The molecule has 2 aromatic carbocycles. The van der Waals surface area contributed by atoms with Crippen molar-refractivity contribution < 1.29 is 4.39 Å². The van der Waals surface area contributed by atoms with Crippen LogP contribution >= 0.6 is 31.9 Å². The lowest BCUT2D eigenvalue weighted by Gasteiger charge is -2.06. The predicted molar refractivity (Wildman–Crippen MR) is 78.8 cm³/mol. The van der Waals surface area contributed by atoms with E-state index in [1.54, 1.807) is 6.07 Å². The third kappa shape index (κ3) is 4.19. The van der Waals surface area contributed by atoms with Gasteiger partial charge in [-0.1, -0.05) is 44.0 Å². The van der Waals surface area contributed by atoms with Gasteiger partial charge in [0, 0.05) is 22.0 Å². The molecule has 1 N–H and O–H groups in total. The second kappa shape index (κ2) is 6.45. The SMILES string of the molecule is Fc1cc(Br)cc(CNCc2cccc(Br)c2)c1. The molecule has 2 rings (SSSR count). The number of nitrogens with one attached hydrogen (secondary N) is 1. The van der Waals surface area contributed by atoms with Crippen LogP contribution in [0.4, 0.5) is 4.39 Å². The third-order valence-electron chi connectivity index (χ3n) is 2.47. The maximum Gasteiger partial charge on any atom is 0.124 e. The number of halogens is 3. The molecule has 4 heteroatoms. The van der Waals surface area contributed by atoms with E-state index in [1.165, 1.54) is 11.6 Å². The van der Waals surface area contributed by atoms with Crippen LogP contribution in [0.15, 0.2) is 51.4 Å². The van der Waals surface area contributed by atoms with Crippen molar-refractivity contribution in [2.75, 3.05) is 0 Å². The van der Waals surface area contributed by atoms with E-state index in [2.05, 4.69) is 49.3 Å². The van der Waals surface area contributed by atoms with Crippen LogP contribution in [0.3, 0.4) is 0 Å². The smallest absolute Gasteiger partial charge is 0.124 e. The molecule has 0 radical (unpaired) electrons. The van der Waals surface area contributed by atoms with Crippen LogP contribution in [0.5, 0.6) is 0 Å². The van der Waals surface area contributed by atoms with Crippen molar-refractivity contribution in [1.29, 1.82) is 0 Å². The molecule has 0 heterocycles. The molecular formula is C14H12Br2FN. The van der Waals surface area contributed by atoms with Gasteiger partial charge in [-0.15, -0.1) is 0 Å². The summed E-state index contributed by atoms with van der Waals surface area (Å²) in [6, 6.07) is 13.0. The number of hydrogen-bond donors (Lipinski definition) is 1. The Morgan fingerprint density at radius 3 is 2.33 bits per heavy atom. The maximum atomic E-state index is 13.2. The number of rotatable bonds is 4. The minimum Gasteiger partial charge on any atom is -0.309 e. The highest BCUT2D eigenvalue weighted by Crippen LogP contribution is 2.15. The Bertz CT molecular complexity index is 523. The number of hydrogen-bond acceptors (Lipinski definition) is 1. The van der Waals surface area contributed by atoms with E-state index in [-0.39, 0.29) is 5.82 Å². The van der Waals surface area contributed by atoms with Crippen molar-refractivity contribution in [1.82, 2.24) is 5.32 Å². The topological polar surface area (TPSA) is 12.0 Å². The summed E-state index contributed by atoms with van der Waals surface area (Å²) in [6.45, 7) is 1.40. The lowest BCUT2D eigenvalue weighted by molar-refractivity contribution is 0.619. The monoisotopic (exact) mass is 371 g/mol. The second-order valence-corrected chi connectivity index (χ2v) is 5.84. The minimum atomic E-state index is -0.219. The fourth-order valence-corrected chi connectivity index (χ4v) is 2.67. The highest BCUT2D eigenvalue weighted by molar-refractivity contribution is 9.10. The van der Waals surface area contributed by atoms with Gasteiger partial charge in [-0.2, -0.15) is 0 Å². The van der Waals surface area contributed by atoms with E-state index >= 15 is 0 Å². The normalized spacial score (nSPS) is 10.6. The fourth-order valence-electron chi connectivity index (χ4n) is 1.71. The summed E-state index contributed by atoms with van der Waals surface area (Å²) >= 11 is 6.72. The van der Waals surface area contributed by atoms with Crippen molar-refractivity contribution in [2.24, 2.45) is 0 Å². The molecule has 0 spiro atoms. The maximum absolute atomic E-state index is 13.2. The van der Waals surface area contributed by atoms with Crippen LogP contribution in [0, 0.1) is 5.82 Å². The van der Waals surface area contributed by atoms with Crippen molar-refractivity contribution in [3.8, 4) is 0 Å². The first kappa shape index (κ1) is 13.7. The molecule has 0 aromatic heterocycles. The summed E-state index contributed by atoms with van der Waals surface area (Å²) in [4.78, 5) is 0. The lowest BCUT2D eigenvalue weighted by atomic mass is 10.2.